The first-order chi connectivity index (χ1) is 8.07. The lowest BCUT2D eigenvalue weighted by Crippen LogP contribution is -2.63. The third-order valence-electron chi connectivity index (χ3n) is 5.13. The lowest BCUT2D eigenvalue weighted by atomic mass is 9.44. The van der Waals surface area contributed by atoms with E-state index in [1.807, 2.05) is 27.7 Å². The Kier molecular flexibility index (Phi) is 3.05. The van der Waals surface area contributed by atoms with Crippen molar-refractivity contribution in [1.82, 2.24) is 0 Å². The minimum absolute atomic E-state index is 0.0251. The molecule has 0 aromatic carbocycles. The highest BCUT2D eigenvalue weighted by molar-refractivity contribution is 5.75. The zero-order valence-corrected chi connectivity index (χ0v) is 12.2. The molecule has 4 atom stereocenters. The molecule has 3 nitrogen and oxygen atoms in total. The average Bonchev–Trinajstić information content (AvgIpc) is 2.21. The van der Waals surface area contributed by atoms with Gasteiger partial charge in [-0.25, -0.2) is 0 Å². The summed E-state index contributed by atoms with van der Waals surface area (Å²) in [5.74, 6) is 0.736. The summed E-state index contributed by atoms with van der Waals surface area (Å²) in [7, 11) is 0. The Morgan fingerprint density at radius 2 is 2.00 bits per heavy atom. The van der Waals surface area contributed by atoms with Gasteiger partial charge in [0.2, 0.25) is 0 Å². The van der Waals surface area contributed by atoms with Gasteiger partial charge in [0.05, 0.1) is 17.6 Å². The maximum atomic E-state index is 11.8. The molecule has 0 saturated heterocycles. The minimum atomic E-state index is -0.586. The van der Waals surface area contributed by atoms with Crippen LogP contribution in [-0.2, 0) is 9.53 Å². The summed E-state index contributed by atoms with van der Waals surface area (Å²) in [5.41, 5.74) is -1.06. The van der Waals surface area contributed by atoms with E-state index in [0.29, 0.717) is 12.5 Å². The van der Waals surface area contributed by atoms with Crippen molar-refractivity contribution >= 4 is 5.97 Å². The van der Waals surface area contributed by atoms with Crippen molar-refractivity contribution in [3.63, 3.8) is 0 Å². The molecule has 3 heteroatoms. The third-order valence-corrected chi connectivity index (χ3v) is 5.13. The van der Waals surface area contributed by atoms with Gasteiger partial charge in [0.1, 0.15) is 0 Å². The molecule has 0 amide bonds. The van der Waals surface area contributed by atoms with Crippen LogP contribution in [0.15, 0.2) is 0 Å². The number of carbonyl (C=O) groups is 1. The highest BCUT2D eigenvalue weighted by Gasteiger charge is 2.61. The number of hydrogen-bond acceptors (Lipinski definition) is 3. The van der Waals surface area contributed by atoms with Gasteiger partial charge in [-0.05, 0) is 58.8 Å². The molecule has 3 fully saturated rings. The second kappa shape index (κ2) is 3.96. The Labute approximate surface area is 110 Å². The standard InChI is InChI=1S/C15H26O3/c1-13(2,3)12(16)18-9-14(4)10-6-7-15(5,17)11(14)8-10/h10-11,17H,6-9H2,1-5H3/t10-,11+,14-,15+/m0/s1. The van der Waals surface area contributed by atoms with Crippen molar-refractivity contribution in [2.24, 2.45) is 22.7 Å². The smallest absolute Gasteiger partial charge is 0.311 e. The molecule has 2 bridgehead atoms. The van der Waals surface area contributed by atoms with Crippen LogP contribution in [0.25, 0.3) is 0 Å². The first kappa shape index (κ1) is 13.9. The summed E-state index contributed by atoms with van der Waals surface area (Å²) in [4.78, 5) is 11.8. The van der Waals surface area contributed by atoms with Crippen LogP contribution in [0.1, 0.15) is 53.9 Å². The molecule has 0 spiro atoms. The molecule has 0 aromatic rings. The van der Waals surface area contributed by atoms with E-state index in [1.54, 1.807) is 0 Å². The molecule has 3 rings (SSSR count). The van der Waals surface area contributed by atoms with Crippen LogP contribution in [0.3, 0.4) is 0 Å². The highest BCUT2D eigenvalue weighted by Crippen LogP contribution is 2.62. The van der Waals surface area contributed by atoms with E-state index in [1.165, 1.54) is 0 Å². The Hall–Kier alpha value is -0.570. The molecule has 3 aliphatic carbocycles. The molecule has 0 aliphatic heterocycles. The Morgan fingerprint density at radius 3 is 2.44 bits per heavy atom. The number of ether oxygens (including phenoxy) is 1. The van der Waals surface area contributed by atoms with E-state index in [2.05, 4.69) is 6.92 Å². The largest absolute Gasteiger partial charge is 0.465 e. The number of esters is 1. The molecule has 0 heterocycles. The van der Waals surface area contributed by atoms with Gasteiger partial charge in [-0.3, -0.25) is 4.79 Å². The highest BCUT2D eigenvalue weighted by atomic mass is 16.5. The number of aliphatic hydroxyl groups is 1. The number of rotatable bonds is 2. The molecule has 3 aliphatic rings. The fraction of sp³-hybridized carbons (Fsp3) is 0.933. The van der Waals surface area contributed by atoms with Gasteiger partial charge in [-0.15, -0.1) is 0 Å². The van der Waals surface area contributed by atoms with Crippen LogP contribution < -0.4 is 0 Å². The van der Waals surface area contributed by atoms with Crippen molar-refractivity contribution in [3.05, 3.63) is 0 Å². The zero-order valence-electron chi connectivity index (χ0n) is 12.2. The molecule has 3 saturated carbocycles. The first-order valence-corrected chi connectivity index (χ1v) is 6.97. The second-order valence-corrected chi connectivity index (χ2v) is 7.71. The molecular weight excluding hydrogens is 228 g/mol. The second-order valence-electron chi connectivity index (χ2n) is 7.71. The van der Waals surface area contributed by atoms with E-state index in [0.717, 1.165) is 19.3 Å². The van der Waals surface area contributed by atoms with Crippen LogP contribution >= 0.6 is 0 Å². The van der Waals surface area contributed by atoms with Gasteiger partial charge in [0.15, 0.2) is 0 Å². The van der Waals surface area contributed by atoms with Crippen LogP contribution in [0.2, 0.25) is 0 Å². The van der Waals surface area contributed by atoms with Crippen LogP contribution in [0, 0.1) is 22.7 Å². The maximum absolute atomic E-state index is 11.8. The van der Waals surface area contributed by atoms with Crippen LogP contribution in [0.5, 0.6) is 0 Å². The molecule has 1 N–H and O–H groups in total. The van der Waals surface area contributed by atoms with E-state index in [-0.39, 0.29) is 17.3 Å². The topological polar surface area (TPSA) is 46.5 Å². The summed E-state index contributed by atoms with van der Waals surface area (Å²) in [6.45, 7) is 10.2. The van der Waals surface area contributed by atoms with E-state index >= 15 is 0 Å². The molecule has 0 radical (unpaired) electrons. The lowest BCUT2D eigenvalue weighted by Gasteiger charge is -2.63. The van der Waals surface area contributed by atoms with Crippen molar-refractivity contribution in [3.8, 4) is 0 Å². The predicted octanol–water partition coefficient (Wildman–Crippen LogP) is 2.76. The van der Waals surface area contributed by atoms with Gasteiger partial charge >= 0.3 is 5.97 Å². The summed E-state index contributed by atoms with van der Waals surface area (Å²) in [6, 6.07) is 0. The Bertz CT molecular complexity index is 351. The van der Waals surface area contributed by atoms with Crippen molar-refractivity contribution in [2.45, 2.75) is 59.5 Å². The van der Waals surface area contributed by atoms with Gasteiger partial charge in [0, 0.05) is 5.41 Å². The lowest BCUT2D eigenvalue weighted by molar-refractivity contribution is -0.223. The van der Waals surface area contributed by atoms with E-state index in [9.17, 15) is 9.90 Å². The predicted molar refractivity (Wildman–Crippen MR) is 70.0 cm³/mol. The Morgan fingerprint density at radius 1 is 1.39 bits per heavy atom. The average molecular weight is 254 g/mol. The fourth-order valence-corrected chi connectivity index (χ4v) is 3.66. The van der Waals surface area contributed by atoms with Crippen molar-refractivity contribution < 1.29 is 14.6 Å². The first-order valence-electron chi connectivity index (χ1n) is 6.97. The molecule has 0 unspecified atom stereocenters. The summed E-state index contributed by atoms with van der Waals surface area (Å²) < 4.78 is 5.49. The van der Waals surface area contributed by atoms with Crippen LogP contribution in [-0.4, -0.2) is 23.3 Å². The van der Waals surface area contributed by atoms with Gasteiger partial charge in [-0.2, -0.15) is 0 Å². The number of fused-ring (bicyclic) bond motifs is 2. The van der Waals surface area contributed by atoms with Gasteiger partial charge < -0.3 is 9.84 Å². The van der Waals surface area contributed by atoms with E-state index < -0.39 is 11.0 Å². The fourth-order valence-electron chi connectivity index (χ4n) is 3.66. The molecular formula is C15H26O3. The van der Waals surface area contributed by atoms with Gasteiger partial charge in [-0.1, -0.05) is 6.92 Å². The normalized spacial score (nSPS) is 43.2. The monoisotopic (exact) mass is 254 g/mol. The van der Waals surface area contributed by atoms with Crippen molar-refractivity contribution in [1.29, 1.82) is 0 Å². The van der Waals surface area contributed by atoms with E-state index in [4.69, 9.17) is 4.74 Å². The number of carbonyl (C=O) groups excluding carboxylic acids is 1. The third kappa shape index (κ3) is 2.07. The molecule has 0 aromatic heterocycles. The molecule has 18 heavy (non-hydrogen) atoms. The van der Waals surface area contributed by atoms with Crippen molar-refractivity contribution in [2.75, 3.05) is 6.61 Å². The summed E-state index contributed by atoms with van der Waals surface area (Å²) in [5, 5.41) is 10.4. The molecule has 104 valence electrons. The summed E-state index contributed by atoms with van der Waals surface area (Å²) in [6.07, 6.45) is 3.01. The minimum Gasteiger partial charge on any atom is -0.465 e. The zero-order chi connectivity index (χ0) is 13.8. The number of hydrogen-bond donors (Lipinski definition) is 1. The summed E-state index contributed by atoms with van der Waals surface area (Å²) >= 11 is 0. The maximum Gasteiger partial charge on any atom is 0.311 e. The SMILES string of the molecule is CC(C)(C)C(=O)OC[C@@]1(C)[C@H]2CC[C@@](C)(O)[C@@H]1C2. The Balaban J connectivity index is 2.00. The van der Waals surface area contributed by atoms with Gasteiger partial charge in [0.25, 0.3) is 0 Å². The quantitative estimate of drug-likeness (QED) is 0.771. The van der Waals surface area contributed by atoms with Crippen LogP contribution in [0.4, 0.5) is 0 Å².